The van der Waals surface area contributed by atoms with Crippen LogP contribution in [0.25, 0.3) is 0 Å². The molecule has 1 rings (SSSR count). The summed E-state index contributed by atoms with van der Waals surface area (Å²) in [5.41, 5.74) is 1.23. The highest BCUT2D eigenvalue weighted by Gasteiger charge is 2.24. The molecule has 3 nitrogen and oxygen atoms in total. The fourth-order valence-corrected chi connectivity index (χ4v) is 2.41. The highest BCUT2D eigenvalue weighted by Crippen LogP contribution is 2.20. The first-order valence-corrected chi connectivity index (χ1v) is 7.47. The van der Waals surface area contributed by atoms with Crippen molar-refractivity contribution in [2.75, 3.05) is 7.11 Å². The number of methoxy groups -OCH3 is 1. The number of esters is 1. The predicted octanol–water partition coefficient (Wildman–Crippen LogP) is 3.71. The Morgan fingerprint density at radius 2 is 1.90 bits per heavy atom. The largest absolute Gasteiger partial charge is 0.468 e. The summed E-state index contributed by atoms with van der Waals surface area (Å²) in [4.78, 5) is 11.9. The molecular weight excluding hydrogens is 250 g/mol. The second-order valence-corrected chi connectivity index (χ2v) is 5.62. The van der Waals surface area contributed by atoms with Gasteiger partial charge in [-0.15, -0.1) is 0 Å². The van der Waals surface area contributed by atoms with E-state index in [1.54, 1.807) is 0 Å². The zero-order valence-electron chi connectivity index (χ0n) is 13.1. The molecule has 0 aliphatic carbocycles. The van der Waals surface area contributed by atoms with Gasteiger partial charge in [-0.1, -0.05) is 57.5 Å². The third kappa shape index (κ3) is 5.33. The first-order valence-electron chi connectivity index (χ1n) is 7.47. The summed E-state index contributed by atoms with van der Waals surface area (Å²) in [6.45, 7) is 6.40. The van der Waals surface area contributed by atoms with Gasteiger partial charge >= 0.3 is 5.97 Å². The molecule has 0 aliphatic heterocycles. The number of ether oxygens (including phenoxy) is 1. The number of carbonyl (C=O) groups is 1. The van der Waals surface area contributed by atoms with E-state index in [1.807, 2.05) is 18.2 Å². The minimum absolute atomic E-state index is 0.171. The van der Waals surface area contributed by atoms with Crippen molar-refractivity contribution in [3.8, 4) is 0 Å². The van der Waals surface area contributed by atoms with Crippen LogP contribution >= 0.6 is 0 Å². The van der Waals surface area contributed by atoms with Gasteiger partial charge in [-0.05, 0) is 24.3 Å². The monoisotopic (exact) mass is 277 g/mol. The topological polar surface area (TPSA) is 38.3 Å². The minimum atomic E-state index is -0.239. The van der Waals surface area contributed by atoms with E-state index in [2.05, 4.69) is 38.2 Å². The standard InChI is InChI=1S/C17H27NO2/c1-5-9-15(14-10-7-6-8-11-14)18-16(12-13(2)3)17(19)20-4/h6-8,10-11,13,15-16,18H,5,9,12H2,1-4H3. The average Bonchev–Trinajstić information content (AvgIpc) is 2.45. The van der Waals surface area contributed by atoms with E-state index in [0.717, 1.165) is 19.3 Å². The minimum Gasteiger partial charge on any atom is -0.468 e. The molecular formula is C17H27NO2. The van der Waals surface area contributed by atoms with Crippen LogP contribution in [0.1, 0.15) is 51.6 Å². The molecule has 20 heavy (non-hydrogen) atoms. The molecule has 0 heterocycles. The first-order chi connectivity index (χ1) is 9.58. The molecule has 0 aromatic heterocycles. The molecule has 1 aromatic rings. The number of rotatable bonds is 8. The Balaban J connectivity index is 2.82. The third-order valence-electron chi connectivity index (χ3n) is 3.37. The van der Waals surface area contributed by atoms with Gasteiger partial charge in [0.05, 0.1) is 7.11 Å². The molecule has 0 spiro atoms. The van der Waals surface area contributed by atoms with E-state index in [0.29, 0.717) is 5.92 Å². The van der Waals surface area contributed by atoms with Gasteiger partial charge in [-0.25, -0.2) is 0 Å². The van der Waals surface area contributed by atoms with Crippen molar-refractivity contribution in [2.24, 2.45) is 5.92 Å². The quantitative estimate of drug-likeness (QED) is 0.736. The Morgan fingerprint density at radius 1 is 1.25 bits per heavy atom. The van der Waals surface area contributed by atoms with E-state index in [9.17, 15) is 4.79 Å². The van der Waals surface area contributed by atoms with Crippen molar-refractivity contribution in [3.05, 3.63) is 35.9 Å². The van der Waals surface area contributed by atoms with Crippen LogP contribution in [0.15, 0.2) is 30.3 Å². The molecule has 3 heteroatoms. The van der Waals surface area contributed by atoms with Crippen molar-refractivity contribution in [3.63, 3.8) is 0 Å². The molecule has 0 bridgehead atoms. The highest BCUT2D eigenvalue weighted by molar-refractivity contribution is 5.75. The molecule has 112 valence electrons. The van der Waals surface area contributed by atoms with Crippen LogP contribution in [0.4, 0.5) is 0 Å². The summed E-state index contributed by atoms with van der Waals surface area (Å²) >= 11 is 0. The van der Waals surface area contributed by atoms with Crippen molar-refractivity contribution in [1.82, 2.24) is 5.32 Å². The van der Waals surface area contributed by atoms with E-state index < -0.39 is 0 Å². The molecule has 2 atom stereocenters. The van der Waals surface area contributed by atoms with Crippen LogP contribution in [0.3, 0.4) is 0 Å². The Bertz CT molecular complexity index is 389. The van der Waals surface area contributed by atoms with E-state index in [1.165, 1.54) is 12.7 Å². The van der Waals surface area contributed by atoms with E-state index in [4.69, 9.17) is 4.74 Å². The number of hydrogen-bond acceptors (Lipinski definition) is 3. The zero-order valence-corrected chi connectivity index (χ0v) is 13.1. The number of hydrogen-bond donors (Lipinski definition) is 1. The summed E-state index contributed by atoms with van der Waals surface area (Å²) < 4.78 is 4.93. The van der Waals surface area contributed by atoms with Gasteiger partial charge in [0.25, 0.3) is 0 Å². The lowest BCUT2D eigenvalue weighted by Crippen LogP contribution is -2.41. The van der Waals surface area contributed by atoms with E-state index >= 15 is 0 Å². The van der Waals surface area contributed by atoms with Gasteiger partial charge in [-0.3, -0.25) is 10.1 Å². The van der Waals surface area contributed by atoms with Crippen molar-refractivity contribution >= 4 is 5.97 Å². The maximum atomic E-state index is 11.9. The average molecular weight is 277 g/mol. The molecule has 1 N–H and O–H groups in total. The Morgan fingerprint density at radius 3 is 2.40 bits per heavy atom. The molecule has 0 radical (unpaired) electrons. The number of benzene rings is 1. The summed E-state index contributed by atoms with van der Waals surface area (Å²) in [6.07, 6.45) is 2.87. The summed E-state index contributed by atoms with van der Waals surface area (Å²) in [7, 11) is 1.45. The van der Waals surface area contributed by atoms with Crippen LogP contribution < -0.4 is 5.32 Å². The van der Waals surface area contributed by atoms with Gasteiger partial charge in [0.1, 0.15) is 6.04 Å². The molecule has 0 saturated carbocycles. The fraction of sp³-hybridized carbons (Fsp3) is 0.588. The lowest BCUT2D eigenvalue weighted by Gasteiger charge is -2.25. The van der Waals surface area contributed by atoms with Crippen LogP contribution in [0.2, 0.25) is 0 Å². The zero-order chi connectivity index (χ0) is 15.0. The van der Waals surface area contributed by atoms with Gasteiger partial charge in [0.15, 0.2) is 0 Å². The van der Waals surface area contributed by atoms with E-state index in [-0.39, 0.29) is 18.1 Å². The lowest BCUT2D eigenvalue weighted by atomic mass is 9.98. The Hall–Kier alpha value is -1.35. The second kappa shape index (κ2) is 8.75. The third-order valence-corrected chi connectivity index (χ3v) is 3.37. The van der Waals surface area contributed by atoms with Gasteiger partial charge < -0.3 is 4.74 Å². The van der Waals surface area contributed by atoms with Crippen LogP contribution in [-0.2, 0) is 9.53 Å². The Kier molecular flexibility index (Phi) is 7.31. The summed E-state index contributed by atoms with van der Waals surface area (Å²) in [6, 6.07) is 10.3. The molecule has 0 fully saturated rings. The molecule has 0 aliphatic rings. The van der Waals surface area contributed by atoms with Gasteiger partial charge in [0.2, 0.25) is 0 Å². The predicted molar refractivity (Wildman–Crippen MR) is 82.5 cm³/mol. The Labute approximate surface area is 122 Å². The summed E-state index contributed by atoms with van der Waals surface area (Å²) in [5.74, 6) is 0.278. The molecule has 0 amide bonds. The normalized spacial score (nSPS) is 14.1. The van der Waals surface area contributed by atoms with Gasteiger partial charge in [-0.2, -0.15) is 0 Å². The lowest BCUT2D eigenvalue weighted by molar-refractivity contribution is -0.143. The summed E-state index contributed by atoms with van der Waals surface area (Å²) in [5, 5.41) is 3.48. The highest BCUT2D eigenvalue weighted by atomic mass is 16.5. The molecule has 2 unspecified atom stereocenters. The fourth-order valence-electron chi connectivity index (χ4n) is 2.41. The maximum absolute atomic E-state index is 11.9. The second-order valence-electron chi connectivity index (χ2n) is 5.62. The van der Waals surface area contributed by atoms with Crippen molar-refractivity contribution in [2.45, 2.75) is 52.1 Å². The van der Waals surface area contributed by atoms with Crippen molar-refractivity contribution in [1.29, 1.82) is 0 Å². The number of carbonyl (C=O) groups excluding carboxylic acids is 1. The maximum Gasteiger partial charge on any atom is 0.322 e. The molecule has 1 aromatic carbocycles. The first kappa shape index (κ1) is 16.7. The van der Waals surface area contributed by atoms with Gasteiger partial charge in [0, 0.05) is 6.04 Å². The molecule has 0 saturated heterocycles. The SMILES string of the molecule is CCCC(NC(CC(C)C)C(=O)OC)c1ccccc1. The van der Waals surface area contributed by atoms with Crippen LogP contribution in [0.5, 0.6) is 0 Å². The van der Waals surface area contributed by atoms with Crippen LogP contribution in [-0.4, -0.2) is 19.1 Å². The van der Waals surface area contributed by atoms with Crippen molar-refractivity contribution < 1.29 is 9.53 Å². The van der Waals surface area contributed by atoms with Crippen LogP contribution in [0, 0.1) is 5.92 Å². The number of nitrogens with one attached hydrogen (secondary N) is 1. The smallest absolute Gasteiger partial charge is 0.322 e.